The molecule has 1 aromatic carbocycles. The largest absolute Gasteiger partial charge is 0.467 e. The molecule has 0 spiro atoms. The number of carbonyl (C=O) groups excluding carboxylic acids is 1. The zero-order chi connectivity index (χ0) is 17.4. The van der Waals surface area contributed by atoms with Crippen LogP contribution in [0.25, 0.3) is 0 Å². The van der Waals surface area contributed by atoms with E-state index in [9.17, 15) is 15.0 Å². The van der Waals surface area contributed by atoms with Crippen molar-refractivity contribution in [3.8, 4) is 0 Å². The molecule has 2 rings (SSSR count). The van der Waals surface area contributed by atoms with E-state index in [1.807, 2.05) is 30.3 Å². The molecule has 130 valence electrons. The maximum atomic E-state index is 11.9. The Morgan fingerprint density at radius 3 is 2.42 bits per heavy atom. The van der Waals surface area contributed by atoms with Crippen molar-refractivity contribution in [3.63, 3.8) is 0 Å². The summed E-state index contributed by atoms with van der Waals surface area (Å²) in [6, 6.07) is 12.7. The van der Waals surface area contributed by atoms with Crippen LogP contribution >= 0.6 is 0 Å². The molecule has 0 aliphatic rings. The number of rotatable bonds is 8. The van der Waals surface area contributed by atoms with Crippen molar-refractivity contribution in [1.82, 2.24) is 10.6 Å². The summed E-state index contributed by atoms with van der Waals surface area (Å²) in [5.74, 6) is 0.429. The van der Waals surface area contributed by atoms with Crippen molar-refractivity contribution in [2.45, 2.75) is 31.5 Å². The molecule has 1 aromatic heterocycles. The lowest BCUT2D eigenvalue weighted by Gasteiger charge is -2.20. The third-order valence-corrected chi connectivity index (χ3v) is 3.73. The molecule has 0 aliphatic carbocycles. The predicted octanol–water partition coefficient (Wildman–Crippen LogP) is 2.17. The highest BCUT2D eigenvalue weighted by atomic mass is 16.4. The van der Waals surface area contributed by atoms with Gasteiger partial charge in [-0.1, -0.05) is 30.3 Å². The monoisotopic (exact) mass is 332 g/mol. The number of furan rings is 1. The molecule has 0 radical (unpaired) electrons. The molecule has 24 heavy (non-hydrogen) atoms. The standard InChI is InChI=1S/C18H24N2O4/c1-13(21)10-15(14-6-3-2-4-7-14)11-19-18(23)20-12-16(22)17-8-5-9-24-17/h2-9,13,15-16,21-22H,10-12H2,1H3,(H2,19,20,23). The molecular weight excluding hydrogens is 308 g/mol. The number of aliphatic hydroxyl groups excluding tert-OH is 2. The Bertz CT molecular complexity index is 599. The Labute approximate surface area is 141 Å². The van der Waals surface area contributed by atoms with Gasteiger partial charge in [-0.2, -0.15) is 0 Å². The van der Waals surface area contributed by atoms with E-state index in [4.69, 9.17) is 4.42 Å². The van der Waals surface area contributed by atoms with Crippen molar-refractivity contribution in [1.29, 1.82) is 0 Å². The first-order chi connectivity index (χ1) is 11.6. The van der Waals surface area contributed by atoms with Gasteiger partial charge in [0.05, 0.1) is 18.9 Å². The SMILES string of the molecule is CC(O)CC(CNC(=O)NCC(O)c1ccco1)c1ccccc1. The van der Waals surface area contributed by atoms with Gasteiger partial charge in [-0.15, -0.1) is 0 Å². The van der Waals surface area contributed by atoms with Crippen LogP contribution in [0.4, 0.5) is 4.79 Å². The molecular formula is C18H24N2O4. The third kappa shape index (κ3) is 5.72. The second-order valence-electron chi connectivity index (χ2n) is 5.81. The maximum absolute atomic E-state index is 11.9. The quantitative estimate of drug-likeness (QED) is 0.596. The number of aliphatic hydroxyl groups is 2. The summed E-state index contributed by atoms with van der Waals surface area (Å²) in [5.41, 5.74) is 1.06. The summed E-state index contributed by atoms with van der Waals surface area (Å²) in [6.07, 6.45) is 0.687. The topological polar surface area (TPSA) is 94.7 Å². The van der Waals surface area contributed by atoms with Gasteiger partial charge in [-0.3, -0.25) is 0 Å². The minimum absolute atomic E-state index is 0.0203. The minimum Gasteiger partial charge on any atom is -0.467 e. The molecule has 6 nitrogen and oxygen atoms in total. The fourth-order valence-electron chi connectivity index (χ4n) is 2.52. The molecule has 0 saturated carbocycles. The van der Waals surface area contributed by atoms with E-state index in [-0.39, 0.29) is 18.5 Å². The molecule has 0 aliphatic heterocycles. The molecule has 2 amide bonds. The number of hydrogen-bond acceptors (Lipinski definition) is 4. The van der Waals surface area contributed by atoms with Crippen molar-refractivity contribution < 1.29 is 19.4 Å². The van der Waals surface area contributed by atoms with Crippen molar-refractivity contribution >= 4 is 6.03 Å². The van der Waals surface area contributed by atoms with Gasteiger partial charge in [-0.25, -0.2) is 4.79 Å². The van der Waals surface area contributed by atoms with E-state index < -0.39 is 12.2 Å². The first-order valence-corrected chi connectivity index (χ1v) is 8.02. The van der Waals surface area contributed by atoms with Crippen LogP contribution in [-0.2, 0) is 0 Å². The summed E-state index contributed by atoms with van der Waals surface area (Å²) < 4.78 is 5.08. The molecule has 3 unspecified atom stereocenters. The lowest BCUT2D eigenvalue weighted by Crippen LogP contribution is -2.40. The minimum atomic E-state index is -0.881. The van der Waals surface area contributed by atoms with Crippen LogP contribution in [-0.4, -0.2) is 35.4 Å². The number of amides is 2. The van der Waals surface area contributed by atoms with Gasteiger partial charge in [0.15, 0.2) is 0 Å². The van der Waals surface area contributed by atoms with E-state index in [0.717, 1.165) is 5.56 Å². The van der Waals surface area contributed by atoms with Gasteiger partial charge in [-0.05, 0) is 31.0 Å². The van der Waals surface area contributed by atoms with E-state index in [0.29, 0.717) is 18.7 Å². The average molecular weight is 332 g/mol. The van der Waals surface area contributed by atoms with Crippen LogP contribution in [0.1, 0.15) is 36.7 Å². The summed E-state index contributed by atoms with van der Waals surface area (Å²) >= 11 is 0. The number of benzene rings is 1. The van der Waals surface area contributed by atoms with Crippen molar-refractivity contribution in [3.05, 3.63) is 60.1 Å². The number of nitrogens with one attached hydrogen (secondary N) is 2. The Hall–Kier alpha value is -2.31. The van der Waals surface area contributed by atoms with Crippen LogP contribution in [0.5, 0.6) is 0 Å². The van der Waals surface area contributed by atoms with Gasteiger partial charge < -0.3 is 25.3 Å². The van der Waals surface area contributed by atoms with E-state index in [1.165, 1.54) is 6.26 Å². The lowest BCUT2D eigenvalue weighted by molar-refractivity contribution is 0.147. The molecule has 6 heteroatoms. The van der Waals surface area contributed by atoms with Crippen LogP contribution in [0.3, 0.4) is 0 Å². The van der Waals surface area contributed by atoms with Crippen LogP contribution < -0.4 is 10.6 Å². The van der Waals surface area contributed by atoms with Crippen LogP contribution in [0.15, 0.2) is 53.1 Å². The summed E-state index contributed by atoms with van der Waals surface area (Å²) in [4.78, 5) is 11.9. The number of carbonyl (C=O) groups is 1. The molecule has 4 N–H and O–H groups in total. The van der Waals surface area contributed by atoms with E-state index in [1.54, 1.807) is 19.1 Å². The number of urea groups is 1. The zero-order valence-electron chi connectivity index (χ0n) is 13.7. The Morgan fingerprint density at radius 2 is 1.79 bits per heavy atom. The second kappa shape index (κ2) is 9.10. The Kier molecular flexibility index (Phi) is 6.84. The molecule has 2 aromatic rings. The molecule has 3 atom stereocenters. The fraction of sp³-hybridized carbons (Fsp3) is 0.389. The summed E-state index contributed by atoms with van der Waals surface area (Å²) in [6.45, 7) is 2.19. The average Bonchev–Trinajstić information content (AvgIpc) is 3.11. The zero-order valence-corrected chi connectivity index (χ0v) is 13.7. The second-order valence-corrected chi connectivity index (χ2v) is 5.81. The Morgan fingerprint density at radius 1 is 1.08 bits per heavy atom. The Balaban J connectivity index is 1.81. The number of hydrogen-bond donors (Lipinski definition) is 4. The van der Waals surface area contributed by atoms with Crippen LogP contribution in [0.2, 0.25) is 0 Å². The first kappa shape index (κ1) is 18.0. The third-order valence-electron chi connectivity index (χ3n) is 3.73. The molecule has 1 heterocycles. The molecule has 0 fully saturated rings. The molecule has 0 bridgehead atoms. The highest BCUT2D eigenvalue weighted by molar-refractivity contribution is 5.73. The predicted molar refractivity (Wildman–Crippen MR) is 90.6 cm³/mol. The highest BCUT2D eigenvalue weighted by Crippen LogP contribution is 2.20. The summed E-state index contributed by atoms with van der Waals surface area (Å²) in [7, 11) is 0. The van der Waals surface area contributed by atoms with Gasteiger partial charge >= 0.3 is 6.03 Å². The molecule has 0 saturated heterocycles. The van der Waals surface area contributed by atoms with Crippen molar-refractivity contribution in [2.24, 2.45) is 0 Å². The fourth-order valence-corrected chi connectivity index (χ4v) is 2.52. The maximum Gasteiger partial charge on any atom is 0.314 e. The van der Waals surface area contributed by atoms with Gasteiger partial charge in [0, 0.05) is 12.5 Å². The normalized spacial score (nSPS) is 14.6. The lowest BCUT2D eigenvalue weighted by atomic mass is 9.93. The van der Waals surface area contributed by atoms with E-state index >= 15 is 0 Å². The first-order valence-electron chi connectivity index (χ1n) is 8.02. The van der Waals surface area contributed by atoms with Crippen LogP contribution in [0, 0.1) is 0 Å². The summed E-state index contributed by atoms with van der Waals surface area (Å²) in [5, 5.41) is 24.9. The van der Waals surface area contributed by atoms with E-state index in [2.05, 4.69) is 10.6 Å². The van der Waals surface area contributed by atoms with Gasteiger partial charge in [0.2, 0.25) is 0 Å². The van der Waals surface area contributed by atoms with Crippen molar-refractivity contribution in [2.75, 3.05) is 13.1 Å². The van der Waals surface area contributed by atoms with Gasteiger partial charge in [0.25, 0.3) is 0 Å². The smallest absolute Gasteiger partial charge is 0.314 e. The highest BCUT2D eigenvalue weighted by Gasteiger charge is 2.16. The van der Waals surface area contributed by atoms with Gasteiger partial charge in [0.1, 0.15) is 11.9 Å².